The maximum absolute atomic E-state index is 2.12. The SMILES string of the molecule is C.C1=CCC=C1. The third-order valence-electron chi connectivity index (χ3n) is 0.655. The molecule has 0 N–H and O–H groups in total. The molecule has 0 amide bonds. The van der Waals surface area contributed by atoms with E-state index in [9.17, 15) is 0 Å². The lowest BCUT2D eigenvalue weighted by molar-refractivity contribution is 1.45. The zero-order valence-electron chi connectivity index (χ0n) is 3.02. The van der Waals surface area contributed by atoms with Crippen molar-refractivity contribution in [1.82, 2.24) is 0 Å². The maximum atomic E-state index is 2.12. The van der Waals surface area contributed by atoms with Crippen LogP contribution in [0.25, 0.3) is 0 Å². The summed E-state index contributed by atoms with van der Waals surface area (Å²) in [6, 6.07) is 0. The molecule has 0 aliphatic heterocycles. The highest BCUT2D eigenvalue weighted by molar-refractivity contribution is 5.11. The van der Waals surface area contributed by atoms with E-state index in [1.165, 1.54) is 0 Å². The molecule has 0 atom stereocenters. The van der Waals surface area contributed by atoms with Gasteiger partial charge in [-0.3, -0.25) is 0 Å². The van der Waals surface area contributed by atoms with Crippen LogP contribution in [0, 0.1) is 0 Å². The predicted molar refractivity (Wildman–Crippen MR) is 29.6 cm³/mol. The summed E-state index contributed by atoms with van der Waals surface area (Å²) >= 11 is 0. The minimum atomic E-state index is 0. The molecule has 0 aromatic carbocycles. The maximum Gasteiger partial charge on any atom is -0.0163 e. The molecule has 0 heteroatoms. The summed E-state index contributed by atoms with van der Waals surface area (Å²) in [6.07, 6.45) is 9.50. The molecule has 1 rings (SSSR count). The predicted octanol–water partition coefficient (Wildman–Crippen LogP) is 2.14. The van der Waals surface area contributed by atoms with Crippen LogP contribution in [0.15, 0.2) is 24.3 Å². The van der Waals surface area contributed by atoms with Crippen molar-refractivity contribution in [2.75, 3.05) is 0 Å². The molecule has 0 unspecified atom stereocenters. The van der Waals surface area contributed by atoms with Crippen molar-refractivity contribution in [1.29, 1.82) is 0 Å². The molecule has 0 nitrogen and oxygen atoms in total. The van der Waals surface area contributed by atoms with Crippen molar-refractivity contribution in [2.24, 2.45) is 0 Å². The normalized spacial score (nSPS) is 14.7. The van der Waals surface area contributed by atoms with E-state index in [-0.39, 0.29) is 7.43 Å². The van der Waals surface area contributed by atoms with Crippen molar-refractivity contribution < 1.29 is 0 Å². The Kier molecular flexibility index (Phi) is 2.47. The minimum Gasteiger partial charge on any atom is -0.0808 e. The Morgan fingerprint density at radius 3 is 1.67 bits per heavy atom. The zero-order chi connectivity index (χ0) is 3.54. The Bertz CT molecular complexity index is 58.1. The highest BCUT2D eigenvalue weighted by atomic mass is 13.8. The lowest BCUT2D eigenvalue weighted by Gasteiger charge is -1.57. The fraction of sp³-hybridized carbons (Fsp3) is 0.333. The first-order valence-electron chi connectivity index (χ1n) is 1.82. The van der Waals surface area contributed by atoms with E-state index in [0.717, 1.165) is 6.42 Å². The smallest absolute Gasteiger partial charge is 0.0163 e. The van der Waals surface area contributed by atoms with E-state index in [2.05, 4.69) is 24.3 Å². The fourth-order valence-electron chi connectivity index (χ4n) is 0.393. The molecule has 0 heterocycles. The van der Waals surface area contributed by atoms with Crippen molar-refractivity contribution in [3.05, 3.63) is 24.3 Å². The topological polar surface area (TPSA) is 0 Å². The van der Waals surface area contributed by atoms with Crippen LogP contribution in [0.5, 0.6) is 0 Å². The van der Waals surface area contributed by atoms with Gasteiger partial charge in [0.15, 0.2) is 0 Å². The van der Waals surface area contributed by atoms with E-state index >= 15 is 0 Å². The van der Waals surface area contributed by atoms with Gasteiger partial charge < -0.3 is 0 Å². The first-order valence-corrected chi connectivity index (χ1v) is 1.82. The van der Waals surface area contributed by atoms with Gasteiger partial charge >= 0.3 is 0 Å². The lowest BCUT2D eigenvalue weighted by atomic mass is 10.5. The third kappa shape index (κ3) is 1.07. The van der Waals surface area contributed by atoms with E-state index in [0.29, 0.717) is 0 Å². The Morgan fingerprint density at radius 1 is 1.00 bits per heavy atom. The molecule has 0 bridgehead atoms. The number of allylic oxidation sites excluding steroid dienone is 4. The van der Waals surface area contributed by atoms with Gasteiger partial charge in [-0.25, -0.2) is 0 Å². The van der Waals surface area contributed by atoms with Crippen LogP contribution in [0.3, 0.4) is 0 Å². The van der Waals surface area contributed by atoms with Gasteiger partial charge in [-0.1, -0.05) is 31.7 Å². The number of rotatable bonds is 0. The first kappa shape index (κ1) is 5.48. The second-order valence-corrected chi connectivity index (χ2v) is 1.09. The molecule has 1 aliphatic rings. The largest absolute Gasteiger partial charge is 0.0808 e. The zero-order valence-corrected chi connectivity index (χ0v) is 3.02. The van der Waals surface area contributed by atoms with Crippen molar-refractivity contribution in [3.8, 4) is 0 Å². The molecule has 0 fully saturated rings. The van der Waals surface area contributed by atoms with E-state index in [4.69, 9.17) is 0 Å². The third-order valence-corrected chi connectivity index (χ3v) is 0.655. The summed E-state index contributed by atoms with van der Waals surface area (Å²) in [5.74, 6) is 0. The number of hydrogen-bond donors (Lipinski definition) is 0. The lowest BCUT2D eigenvalue weighted by Crippen LogP contribution is -1.37. The fourth-order valence-corrected chi connectivity index (χ4v) is 0.393. The molecular formula is C6H10. The van der Waals surface area contributed by atoms with Crippen LogP contribution in [-0.2, 0) is 0 Å². The number of hydrogen-bond acceptors (Lipinski definition) is 0. The van der Waals surface area contributed by atoms with Gasteiger partial charge in [0.05, 0.1) is 0 Å². The Balaban J connectivity index is 0.000000250. The average molecular weight is 82.1 g/mol. The van der Waals surface area contributed by atoms with E-state index in [1.807, 2.05) is 0 Å². The molecule has 0 spiro atoms. The van der Waals surface area contributed by atoms with Gasteiger partial charge in [-0.05, 0) is 6.42 Å². The molecule has 0 aromatic heterocycles. The molecular weight excluding hydrogens is 72.1 g/mol. The van der Waals surface area contributed by atoms with Crippen molar-refractivity contribution in [3.63, 3.8) is 0 Å². The summed E-state index contributed by atoms with van der Waals surface area (Å²) in [5, 5.41) is 0. The standard InChI is InChI=1S/C5H6.CH4/c1-2-4-5-3-1;/h1-4H,5H2;1H4. The van der Waals surface area contributed by atoms with Gasteiger partial charge in [0.1, 0.15) is 0 Å². The van der Waals surface area contributed by atoms with Crippen LogP contribution < -0.4 is 0 Å². The van der Waals surface area contributed by atoms with Crippen molar-refractivity contribution in [2.45, 2.75) is 13.8 Å². The van der Waals surface area contributed by atoms with Gasteiger partial charge in [-0.15, -0.1) is 0 Å². The van der Waals surface area contributed by atoms with E-state index in [1.54, 1.807) is 0 Å². The van der Waals surface area contributed by atoms with Crippen LogP contribution in [0.1, 0.15) is 13.8 Å². The average Bonchev–Trinajstić information content (AvgIpc) is 1.76. The highest BCUT2D eigenvalue weighted by Gasteiger charge is 1.72. The van der Waals surface area contributed by atoms with E-state index < -0.39 is 0 Å². The van der Waals surface area contributed by atoms with Crippen LogP contribution in [-0.4, -0.2) is 0 Å². The molecule has 6 heavy (non-hydrogen) atoms. The van der Waals surface area contributed by atoms with Gasteiger partial charge in [-0.2, -0.15) is 0 Å². The summed E-state index contributed by atoms with van der Waals surface area (Å²) < 4.78 is 0. The molecule has 0 saturated carbocycles. The summed E-state index contributed by atoms with van der Waals surface area (Å²) in [6.45, 7) is 0. The highest BCUT2D eigenvalue weighted by Crippen LogP contribution is 1.93. The van der Waals surface area contributed by atoms with Gasteiger partial charge in [0.2, 0.25) is 0 Å². The minimum absolute atomic E-state index is 0. The van der Waals surface area contributed by atoms with Crippen molar-refractivity contribution >= 4 is 0 Å². The monoisotopic (exact) mass is 82.1 g/mol. The second kappa shape index (κ2) is 2.70. The van der Waals surface area contributed by atoms with Crippen LogP contribution >= 0.6 is 0 Å². The summed E-state index contributed by atoms with van der Waals surface area (Å²) in [4.78, 5) is 0. The molecule has 1 aliphatic carbocycles. The molecule has 0 aromatic rings. The Morgan fingerprint density at radius 2 is 1.50 bits per heavy atom. The van der Waals surface area contributed by atoms with Gasteiger partial charge in [0, 0.05) is 0 Å². The van der Waals surface area contributed by atoms with Crippen LogP contribution in [0.2, 0.25) is 0 Å². The Labute approximate surface area is 39.2 Å². The Hall–Kier alpha value is -0.520. The molecule has 0 radical (unpaired) electrons. The molecule has 0 saturated heterocycles. The first-order chi connectivity index (χ1) is 2.50. The van der Waals surface area contributed by atoms with Crippen LogP contribution in [0.4, 0.5) is 0 Å². The molecule has 34 valence electrons. The summed E-state index contributed by atoms with van der Waals surface area (Å²) in [5.41, 5.74) is 0. The summed E-state index contributed by atoms with van der Waals surface area (Å²) in [7, 11) is 0. The van der Waals surface area contributed by atoms with Gasteiger partial charge in [0.25, 0.3) is 0 Å². The quantitative estimate of drug-likeness (QED) is 0.420. The second-order valence-electron chi connectivity index (χ2n) is 1.09.